The molecule has 0 radical (unpaired) electrons. The molecule has 3 amide bonds. The Balaban J connectivity index is 1.48. The first-order valence-electron chi connectivity index (χ1n) is 11.9. The quantitative estimate of drug-likeness (QED) is 0.506. The minimum absolute atomic E-state index is 0.0780. The molecule has 4 rings (SSSR count). The van der Waals surface area contributed by atoms with Gasteiger partial charge in [-0.2, -0.15) is 0 Å². The van der Waals surface area contributed by atoms with E-state index in [4.69, 9.17) is 0 Å². The Morgan fingerprint density at radius 1 is 0.943 bits per heavy atom. The maximum atomic E-state index is 13.1. The number of carbonyl (C=O) groups excluding carboxylic acids is 3. The fourth-order valence-corrected chi connectivity index (χ4v) is 4.63. The molecule has 180 valence electrons. The van der Waals surface area contributed by atoms with E-state index in [1.165, 1.54) is 5.56 Å². The monoisotopic (exact) mass is 469 g/mol. The third-order valence-corrected chi connectivity index (χ3v) is 6.50. The molecule has 6 nitrogen and oxygen atoms in total. The van der Waals surface area contributed by atoms with Crippen LogP contribution in [0.3, 0.4) is 0 Å². The van der Waals surface area contributed by atoms with Gasteiger partial charge in [-0.05, 0) is 68.1 Å². The number of aryl methyl sites for hydroxylation is 4. The van der Waals surface area contributed by atoms with Gasteiger partial charge in [-0.1, -0.05) is 48.9 Å². The number of anilines is 3. The second-order valence-corrected chi connectivity index (χ2v) is 9.19. The molecule has 0 bridgehead atoms. The van der Waals surface area contributed by atoms with Crippen LogP contribution < -0.4 is 15.5 Å². The van der Waals surface area contributed by atoms with E-state index < -0.39 is 5.92 Å². The van der Waals surface area contributed by atoms with E-state index in [1.54, 1.807) is 29.2 Å². The second-order valence-electron chi connectivity index (χ2n) is 9.19. The molecule has 2 N–H and O–H groups in total. The Hall–Kier alpha value is -3.93. The van der Waals surface area contributed by atoms with Crippen LogP contribution in [0.15, 0.2) is 60.7 Å². The molecular weight excluding hydrogens is 438 g/mol. The lowest BCUT2D eigenvalue weighted by Gasteiger charge is -2.18. The lowest BCUT2D eigenvalue weighted by Crippen LogP contribution is -2.28. The number of rotatable bonds is 6. The van der Waals surface area contributed by atoms with Gasteiger partial charge in [0.1, 0.15) is 0 Å². The third-order valence-electron chi connectivity index (χ3n) is 6.50. The van der Waals surface area contributed by atoms with Gasteiger partial charge in [0.2, 0.25) is 11.8 Å². The Labute approximate surface area is 206 Å². The third kappa shape index (κ3) is 5.27. The maximum Gasteiger partial charge on any atom is 0.257 e. The van der Waals surface area contributed by atoms with Gasteiger partial charge in [-0.15, -0.1) is 0 Å². The van der Waals surface area contributed by atoms with Crippen LogP contribution >= 0.6 is 0 Å². The molecule has 1 aliphatic rings. The zero-order valence-electron chi connectivity index (χ0n) is 20.6. The second kappa shape index (κ2) is 10.1. The van der Waals surface area contributed by atoms with Gasteiger partial charge in [0.05, 0.1) is 17.2 Å². The average molecular weight is 470 g/mol. The van der Waals surface area contributed by atoms with Crippen LogP contribution in [-0.4, -0.2) is 24.3 Å². The Kier molecular flexibility index (Phi) is 7.01. The maximum absolute atomic E-state index is 13.1. The summed E-state index contributed by atoms with van der Waals surface area (Å²) in [4.78, 5) is 40.5. The number of hydrogen-bond donors (Lipinski definition) is 2. The highest BCUT2D eigenvalue weighted by molar-refractivity contribution is 6.11. The van der Waals surface area contributed by atoms with Crippen molar-refractivity contribution in [2.24, 2.45) is 5.92 Å². The normalized spacial score (nSPS) is 15.3. The standard InChI is InChI=1S/C29H31N3O3/c1-5-21-10-12-23(13-11-21)32-17-22(16-26(32)33)28(34)30-25-9-7-6-8-24(25)29(35)31-27-19(3)14-18(2)15-20(27)4/h6-15,22H,5,16-17H2,1-4H3,(H,30,34)(H,31,35). The summed E-state index contributed by atoms with van der Waals surface area (Å²) >= 11 is 0. The summed E-state index contributed by atoms with van der Waals surface area (Å²) < 4.78 is 0. The zero-order valence-corrected chi connectivity index (χ0v) is 20.6. The van der Waals surface area contributed by atoms with Crippen molar-refractivity contribution in [2.75, 3.05) is 22.1 Å². The van der Waals surface area contributed by atoms with Gasteiger partial charge in [0.15, 0.2) is 0 Å². The zero-order chi connectivity index (χ0) is 25.1. The molecule has 1 aliphatic heterocycles. The minimum Gasteiger partial charge on any atom is -0.325 e. The molecule has 1 heterocycles. The van der Waals surface area contributed by atoms with Crippen LogP contribution in [0.1, 0.15) is 46.0 Å². The molecule has 6 heteroatoms. The van der Waals surface area contributed by atoms with Crippen molar-refractivity contribution in [3.8, 4) is 0 Å². The largest absolute Gasteiger partial charge is 0.325 e. The van der Waals surface area contributed by atoms with E-state index in [2.05, 4.69) is 17.6 Å². The van der Waals surface area contributed by atoms with Crippen LogP contribution in [0.2, 0.25) is 0 Å². The molecular formula is C29H31N3O3. The predicted molar refractivity (Wildman–Crippen MR) is 140 cm³/mol. The van der Waals surface area contributed by atoms with Gasteiger partial charge in [0, 0.05) is 24.3 Å². The smallest absolute Gasteiger partial charge is 0.257 e. The lowest BCUT2D eigenvalue weighted by atomic mass is 10.0. The first-order valence-corrected chi connectivity index (χ1v) is 11.9. The molecule has 35 heavy (non-hydrogen) atoms. The van der Waals surface area contributed by atoms with E-state index in [-0.39, 0.29) is 24.1 Å². The molecule has 0 aromatic heterocycles. The van der Waals surface area contributed by atoms with Crippen molar-refractivity contribution in [1.29, 1.82) is 0 Å². The Morgan fingerprint density at radius 2 is 1.60 bits per heavy atom. The average Bonchev–Trinajstić information content (AvgIpc) is 3.23. The molecule has 1 unspecified atom stereocenters. The van der Waals surface area contributed by atoms with Crippen LogP contribution in [0.4, 0.5) is 17.1 Å². The summed E-state index contributed by atoms with van der Waals surface area (Å²) in [5, 5.41) is 5.89. The highest BCUT2D eigenvalue weighted by Gasteiger charge is 2.35. The van der Waals surface area contributed by atoms with Crippen LogP contribution in [-0.2, 0) is 16.0 Å². The molecule has 1 saturated heterocycles. The fraction of sp³-hybridized carbons (Fsp3) is 0.276. The van der Waals surface area contributed by atoms with E-state index in [0.717, 1.165) is 34.5 Å². The summed E-state index contributed by atoms with van der Waals surface area (Å²) in [6.45, 7) is 8.33. The summed E-state index contributed by atoms with van der Waals surface area (Å²) in [7, 11) is 0. The molecule has 0 saturated carbocycles. The van der Waals surface area contributed by atoms with Crippen LogP contribution in [0.25, 0.3) is 0 Å². The molecule has 0 aliphatic carbocycles. The number of amides is 3. The van der Waals surface area contributed by atoms with Gasteiger partial charge in [0.25, 0.3) is 5.91 Å². The number of nitrogens with zero attached hydrogens (tertiary/aromatic N) is 1. The highest BCUT2D eigenvalue weighted by Crippen LogP contribution is 2.28. The first kappa shape index (κ1) is 24.2. The van der Waals surface area contributed by atoms with Gasteiger partial charge >= 0.3 is 0 Å². The fourth-order valence-electron chi connectivity index (χ4n) is 4.63. The van der Waals surface area contributed by atoms with Crippen molar-refractivity contribution in [1.82, 2.24) is 0 Å². The van der Waals surface area contributed by atoms with Crippen molar-refractivity contribution < 1.29 is 14.4 Å². The molecule has 0 spiro atoms. The number of para-hydroxylation sites is 1. The van der Waals surface area contributed by atoms with Crippen molar-refractivity contribution in [3.05, 3.63) is 88.5 Å². The first-order chi connectivity index (χ1) is 16.8. The van der Waals surface area contributed by atoms with Crippen molar-refractivity contribution in [2.45, 2.75) is 40.5 Å². The lowest BCUT2D eigenvalue weighted by molar-refractivity contribution is -0.122. The molecule has 1 fully saturated rings. The SMILES string of the molecule is CCc1ccc(N2CC(C(=O)Nc3ccccc3C(=O)Nc3c(C)cc(C)cc3C)CC2=O)cc1. The van der Waals surface area contributed by atoms with Crippen molar-refractivity contribution in [3.63, 3.8) is 0 Å². The summed E-state index contributed by atoms with van der Waals surface area (Å²) in [5.41, 5.74) is 6.65. The summed E-state index contributed by atoms with van der Waals surface area (Å²) in [6.07, 6.45) is 1.06. The number of hydrogen-bond acceptors (Lipinski definition) is 3. The van der Waals surface area contributed by atoms with E-state index in [1.807, 2.05) is 57.2 Å². The predicted octanol–water partition coefficient (Wildman–Crippen LogP) is 5.42. The number of nitrogens with one attached hydrogen (secondary N) is 2. The molecule has 3 aromatic rings. The molecule has 3 aromatic carbocycles. The van der Waals surface area contributed by atoms with Gasteiger partial charge in [-0.3, -0.25) is 14.4 Å². The van der Waals surface area contributed by atoms with Gasteiger partial charge < -0.3 is 15.5 Å². The van der Waals surface area contributed by atoms with Gasteiger partial charge in [-0.25, -0.2) is 0 Å². The number of benzene rings is 3. The minimum atomic E-state index is -0.494. The highest BCUT2D eigenvalue weighted by atomic mass is 16.2. The van der Waals surface area contributed by atoms with E-state index in [9.17, 15) is 14.4 Å². The topological polar surface area (TPSA) is 78.5 Å². The van der Waals surface area contributed by atoms with Crippen molar-refractivity contribution >= 4 is 34.8 Å². The van der Waals surface area contributed by atoms with Crippen LogP contribution in [0.5, 0.6) is 0 Å². The summed E-state index contributed by atoms with van der Waals surface area (Å²) in [5.74, 6) is -1.14. The Bertz CT molecular complexity index is 1260. The summed E-state index contributed by atoms with van der Waals surface area (Å²) in [6, 6.07) is 18.8. The Morgan fingerprint density at radius 3 is 2.26 bits per heavy atom. The number of carbonyl (C=O) groups is 3. The van der Waals surface area contributed by atoms with Crippen LogP contribution in [0, 0.1) is 26.7 Å². The molecule has 1 atom stereocenters. The van der Waals surface area contributed by atoms with E-state index >= 15 is 0 Å². The van der Waals surface area contributed by atoms with E-state index in [0.29, 0.717) is 17.8 Å².